The molecule has 2 fully saturated rings. The van der Waals surface area contributed by atoms with Gasteiger partial charge in [0.1, 0.15) is 0 Å². The van der Waals surface area contributed by atoms with E-state index < -0.39 is 0 Å². The van der Waals surface area contributed by atoms with Gasteiger partial charge < -0.3 is 4.74 Å². The molecule has 2 saturated heterocycles. The first-order valence-electron chi connectivity index (χ1n) is 3.82. The fourth-order valence-electron chi connectivity index (χ4n) is 1.74. The molecule has 0 radical (unpaired) electrons. The van der Waals surface area contributed by atoms with Crippen molar-refractivity contribution in [2.75, 3.05) is 26.3 Å². The minimum absolute atomic E-state index is 0.726. The van der Waals surface area contributed by atoms with Gasteiger partial charge in [-0.1, -0.05) is 0 Å². The maximum Gasteiger partial charge on any atom is 0.0694 e. The van der Waals surface area contributed by atoms with Gasteiger partial charge in [-0.05, 0) is 0 Å². The van der Waals surface area contributed by atoms with Crippen LogP contribution in [0.3, 0.4) is 0 Å². The minimum Gasteiger partial charge on any atom is -0.378 e. The molecule has 3 nitrogen and oxygen atoms in total. The molecule has 0 aromatic rings. The van der Waals surface area contributed by atoms with Crippen LogP contribution >= 0.6 is 0 Å². The van der Waals surface area contributed by atoms with Gasteiger partial charge in [0.15, 0.2) is 0 Å². The van der Waals surface area contributed by atoms with Crippen LogP contribution in [0.2, 0.25) is 0 Å². The molecule has 10 heavy (non-hydrogen) atoms. The predicted molar refractivity (Wildman–Crippen MR) is 37.4 cm³/mol. The molecule has 0 saturated carbocycles. The monoisotopic (exact) mass is 138 g/mol. The number of hydrogen-bond acceptors (Lipinski definition) is 3. The van der Waals surface area contributed by atoms with Crippen molar-refractivity contribution in [3.05, 3.63) is 0 Å². The lowest BCUT2D eigenvalue weighted by molar-refractivity contribution is -0.0788. The zero-order valence-electron chi connectivity index (χ0n) is 5.79. The molecule has 3 rings (SSSR count). The molecule has 3 heteroatoms. The number of likely N-dealkylation sites (tertiary alicyclic amines) is 1. The zero-order valence-corrected chi connectivity index (χ0v) is 5.79. The van der Waals surface area contributed by atoms with Crippen molar-refractivity contribution in [3.63, 3.8) is 0 Å². The predicted octanol–water partition coefficient (Wildman–Crippen LogP) is -0.476. The van der Waals surface area contributed by atoms with Gasteiger partial charge in [0.25, 0.3) is 0 Å². The molecule has 0 spiro atoms. The van der Waals surface area contributed by atoms with E-state index in [1.165, 1.54) is 5.71 Å². The molecule has 0 aliphatic carbocycles. The van der Waals surface area contributed by atoms with Crippen molar-refractivity contribution in [1.29, 1.82) is 0 Å². The molecule has 1 atom stereocenters. The van der Waals surface area contributed by atoms with Gasteiger partial charge >= 0.3 is 0 Å². The number of hydrogen-bond donors (Lipinski definition) is 0. The summed E-state index contributed by atoms with van der Waals surface area (Å²) in [6, 6.07) is 1.46. The van der Waals surface area contributed by atoms with Crippen LogP contribution in [0, 0.1) is 0 Å². The van der Waals surface area contributed by atoms with Crippen LogP contribution in [0.5, 0.6) is 0 Å². The number of aliphatic imine (C=N–C) groups is 1. The third kappa shape index (κ3) is 0.466. The Hall–Kier alpha value is -0.410. The molecule has 3 aliphatic heterocycles. The Kier molecular flexibility index (Phi) is 0.843. The van der Waals surface area contributed by atoms with Crippen LogP contribution in [0.4, 0.5) is 0 Å². The van der Waals surface area contributed by atoms with Gasteiger partial charge in [0.05, 0.1) is 31.8 Å². The van der Waals surface area contributed by atoms with Crippen LogP contribution < -0.4 is 0 Å². The van der Waals surface area contributed by atoms with Crippen LogP contribution in [-0.2, 0) is 4.74 Å². The van der Waals surface area contributed by atoms with E-state index in [0.29, 0.717) is 0 Å². The molecule has 0 unspecified atom stereocenters. The molecular weight excluding hydrogens is 128 g/mol. The van der Waals surface area contributed by atoms with E-state index in [2.05, 4.69) is 9.89 Å². The topological polar surface area (TPSA) is 24.8 Å². The summed E-state index contributed by atoms with van der Waals surface area (Å²) in [4.78, 5) is 6.77. The standard InChI is InChI=1S/C7H10N2O/c1-7-6(8-1)2-9(7)5-3-10-4-5/h5,7H,1-4H2/t7-/m0/s1. The van der Waals surface area contributed by atoms with E-state index >= 15 is 0 Å². The first-order valence-corrected chi connectivity index (χ1v) is 3.82. The highest BCUT2D eigenvalue weighted by Gasteiger charge is 2.45. The second kappa shape index (κ2) is 1.60. The van der Waals surface area contributed by atoms with Gasteiger partial charge in [-0.2, -0.15) is 0 Å². The fourth-order valence-corrected chi connectivity index (χ4v) is 1.74. The average Bonchev–Trinajstić information content (AvgIpc) is 1.77. The molecular formula is C7H10N2O. The van der Waals surface area contributed by atoms with Crippen molar-refractivity contribution >= 4 is 5.71 Å². The quantitative estimate of drug-likeness (QED) is 0.489. The molecule has 54 valence electrons. The first kappa shape index (κ1) is 5.27. The molecule has 0 N–H and O–H groups in total. The first-order chi connectivity index (χ1) is 4.95. The van der Waals surface area contributed by atoms with E-state index in [1.807, 2.05) is 0 Å². The Morgan fingerprint density at radius 3 is 2.70 bits per heavy atom. The second-order valence-corrected chi connectivity index (χ2v) is 3.21. The van der Waals surface area contributed by atoms with Gasteiger partial charge in [-0.15, -0.1) is 0 Å². The van der Waals surface area contributed by atoms with Crippen LogP contribution in [0.15, 0.2) is 4.99 Å². The highest BCUT2D eigenvalue weighted by atomic mass is 16.5. The second-order valence-electron chi connectivity index (χ2n) is 3.21. The Morgan fingerprint density at radius 1 is 1.50 bits per heavy atom. The van der Waals surface area contributed by atoms with Crippen molar-refractivity contribution in [3.8, 4) is 0 Å². The van der Waals surface area contributed by atoms with E-state index in [1.54, 1.807) is 0 Å². The lowest BCUT2D eigenvalue weighted by atomic mass is 9.91. The number of ether oxygens (including phenoxy) is 1. The number of nitrogens with zero attached hydrogens (tertiary/aromatic N) is 2. The van der Waals surface area contributed by atoms with Crippen molar-refractivity contribution < 1.29 is 4.74 Å². The summed E-state index contributed by atoms with van der Waals surface area (Å²) in [5, 5.41) is 0. The molecule has 0 bridgehead atoms. The Balaban J connectivity index is 1.69. The third-order valence-electron chi connectivity index (χ3n) is 2.69. The fraction of sp³-hybridized carbons (Fsp3) is 0.857. The lowest BCUT2D eigenvalue weighted by Crippen LogP contribution is -2.70. The van der Waals surface area contributed by atoms with Crippen LogP contribution in [-0.4, -0.2) is 49.0 Å². The maximum absolute atomic E-state index is 5.12. The van der Waals surface area contributed by atoms with Crippen molar-refractivity contribution in [1.82, 2.24) is 4.90 Å². The smallest absolute Gasteiger partial charge is 0.0694 e. The van der Waals surface area contributed by atoms with Crippen molar-refractivity contribution in [2.24, 2.45) is 4.99 Å². The van der Waals surface area contributed by atoms with Gasteiger partial charge in [-0.25, -0.2) is 0 Å². The third-order valence-corrected chi connectivity index (χ3v) is 2.69. The molecule has 3 heterocycles. The Labute approximate surface area is 59.7 Å². The zero-order chi connectivity index (χ0) is 6.55. The summed E-state index contributed by atoms with van der Waals surface area (Å²) in [6.07, 6.45) is 0. The summed E-state index contributed by atoms with van der Waals surface area (Å²) in [5.74, 6) is 0. The maximum atomic E-state index is 5.12. The summed E-state index contributed by atoms with van der Waals surface area (Å²) >= 11 is 0. The largest absolute Gasteiger partial charge is 0.378 e. The van der Waals surface area contributed by atoms with E-state index in [-0.39, 0.29) is 0 Å². The van der Waals surface area contributed by atoms with Crippen LogP contribution in [0.25, 0.3) is 0 Å². The summed E-state index contributed by atoms with van der Waals surface area (Å²) < 4.78 is 5.12. The highest BCUT2D eigenvalue weighted by molar-refractivity contribution is 6.00. The SMILES string of the molecule is C1OCC1N1CC2=NC[C@@H]21. The number of fused-ring (bicyclic) bond motifs is 1. The number of rotatable bonds is 1. The van der Waals surface area contributed by atoms with Gasteiger partial charge in [0, 0.05) is 12.3 Å². The summed E-state index contributed by atoms with van der Waals surface area (Å²) in [6.45, 7) is 4.07. The molecule has 0 aromatic carbocycles. The normalized spacial score (nSPS) is 38.8. The molecule has 3 aliphatic rings. The van der Waals surface area contributed by atoms with Crippen LogP contribution in [0.1, 0.15) is 0 Å². The van der Waals surface area contributed by atoms with E-state index in [9.17, 15) is 0 Å². The Morgan fingerprint density at radius 2 is 2.40 bits per heavy atom. The lowest BCUT2D eigenvalue weighted by Gasteiger charge is -2.53. The Bertz CT molecular complexity index is 198. The van der Waals surface area contributed by atoms with Gasteiger partial charge in [-0.3, -0.25) is 9.89 Å². The minimum atomic E-state index is 0.726. The van der Waals surface area contributed by atoms with E-state index in [0.717, 1.165) is 38.4 Å². The molecule has 0 amide bonds. The molecule has 0 aromatic heterocycles. The summed E-state index contributed by atoms with van der Waals surface area (Å²) in [5.41, 5.74) is 1.42. The van der Waals surface area contributed by atoms with E-state index in [4.69, 9.17) is 4.74 Å². The van der Waals surface area contributed by atoms with Crippen molar-refractivity contribution in [2.45, 2.75) is 12.1 Å². The highest BCUT2D eigenvalue weighted by Crippen LogP contribution is 2.27. The van der Waals surface area contributed by atoms with Gasteiger partial charge in [0.2, 0.25) is 0 Å². The summed E-state index contributed by atoms with van der Waals surface area (Å²) in [7, 11) is 0. The average molecular weight is 138 g/mol.